The van der Waals surface area contributed by atoms with Crippen molar-refractivity contribution in [3.8, 4) is 0 Å². The molecule has 0 aromatic carbocycles. The predicted octanol–water partition coefficient (Wildman–Crippen LogP) is 1.09. The molecule has 0 aromatic heterocycles. The summed E-state index contributed by atoms with van der Waals surface area (Å²) < 4.78 is 0. The number of hydrogen-bond donors (Lipinski definition) is 1. The number of imide groups is 1. The molecular weight excluding hydrogens is 158 g/mol. The van der Waals surface area contributed by atoms with Crippen LogP contribution >= 0.6 is 0 Å². The predicted molar refractivity (Wildman–Crippen MR) is 42.7 cm³/mol. The molecule has 0 bridgehead atoms. The van der Waals surface area contributed by atoms with E-state index in [0.717, 1.165) is 4.90 Å². The van der Waals surface area contributed by atoms with Crippen molar-refractivity contribution < 1.29 is 14.7 Å². The van der Waals surface area contributed by atoms with E-state index in [-0.39, 0.29) is 11.8 Å². The highest BCUT2D eigenvalue weighted by Gasteiger charge is 2.34. The number of carbonyl (C=O) groups excluding carboxylic acids is 1. The molecule has 1 N–H and O–H groups in total. The standard InChI is InChI=1S/C8H11NO3/c1-2-3-6-4-5-9(7(6)10)8(11)12/h2,6H,1,3-5H2,(H,11,12). The number of rotatable bonds is 2. The number of hydrogen-bond acceptors (Lipinski definition) is 2. The van der Waals surface area contributed by atoms with E-state index in [1.165, 1.54) is 0 Å². The molecule has 1 atom stereocenters. The van der Waals surface area contributed by atoms with Crippen LogP contribution in [0, 0.1) is 5.92 Å². The van der Waals surface area contributed by atoms with E-state index in [9.17, 15) is 9.59 Å². The summed E-state index contributed by atoms with van der Waals surface area (Å²) in [5.41, 5.74) is 0. The average molecular weight is 169 g/mol. The first-order valence-electron chi connectivity index (χ1n) is 3.82. The summed E-state index contributed by atoms with van der Waals surface area (Å²) in [7, 11) is 0. The van der Waals surface area contributed by atoms with E-state index < -0.39 is 6.09 Å². The molecule has 1 unspecified atom stereocenters. The van der Waals surface area contributed by atoms with E-state index in [2.05, 4.69) is 6.58 Å². The molecule has 1 aliphatic rings. The first-order valence-corrected chi connectivity index (χ1v) is 3.82. The van der Waals surface area contributed by atoms with Crippen LogP contribution in [0.1, 0.15) is 12.8 Å². The molecule has 1 aliphatic heterocycles. The van der Waals surface area contributed by atoms with Gasteiger partial charge in [-0.05, 0) is 12.8 Å². The molecule has 4 heteroatoms. The summed E-state index contributed by atoms with van der Waals surface area (Å²) in [6.07, 6.45) is 1.69. The van der Waals surface area contributed by atoms with Crippen LogP contribution in [0.25, 0.3) is 0 Å². The van der Waals surface area contributed by atoms with Crippen molar-refractivity contribution in [3.63, 3.8) is 0 Å². The molecule has 4 nitrogen and oxygen atoms in total. The van der Waals surface area contributed by atoms with Crippen LogP contribution in [0.2, 0.25) is 0 Å². The van der Waals surface area contributed by atoms with Crippen molar-refractivity contribution in [2.75, 3.05) is 6.54 Å². The Bertz CT molecular complexity index is 224. The van der Waals surface area contributed by atoms with Crippen LogP contribution in [0.15, 0.2) is 12.7 Å². The number of carboxylic acid groups (broad SMARTS) is 1. The Balaban J connectivity index is 2.60. The normalized spacial score (nSPS) is 22.8. The molecule has 1 saturated heterocycles. The lowest BCUT2D eigenvalue weighted by molar-refractivity contribution is -0.129. The number of allylic oxidation sites excluding steroid dienone is 1. The fourth-order valence-electron chi connectivity index (χ4n) is 1.35. The van der Waals surface area contributed by atoms with Gasteiger partial charge in [-0.15, -0.1) is 6.58 Å². The average Bonchev–Trinajstić information content (AvgIpc) is 2.34. The smallest absolute Gasteiger partial charge is 0.414 e. The van der Waals surface area contributed by atoms with Gasteiger partial charge in [-0.3, -0.25) is 4.79 Å². The Hall–Kier alpha value is -1.32. The lowest BCUT2D eigenvalue weighted by Gasteiger charge is -2.08. The summed E-state index contributed by atoms with van der Waals surface area (Å²) >= 11 is 0. The van der Waals surface area contributed by atoms with Crippen LogP contribution < -0.4 is 0 Å². The minimum atomic E-state index is -1.15. The molecular formula is C8H11NO3. The molecule has 0 aliphatic carbocycles. The Kier molecular flexibility index (Phi) is 2.47. The van der Waals surface area contributed by atoms with Crippen LogP contribution in [0.4, 0.5) is 4.79 Å². The zero-order valence-corrected chi connectivity index (χ0v) is 6.69. The minimum absolute atomic E-state index is 0.168. The summed E-state index contributed by atoms with van der Waals surface area (Å²) in [5.74, 6) is -0.457. The largest absolute Gasteiger partial charge is 0.465 e. The fraction of sp³-hybridized carbons (Fsp3) is 0.500. The van der Waals surface area contributed by atoms with Gasteiger partial charge < -0.3 is 5.11 Å². The van der Waals surface area contributed by atoms with Gasteiger partial charge in [0.05, 0.1) is 0 Å². The molecule has 0 spiro atoms. The van der Waals surface area contributed by atoms with E-state index in [1.807, 2.05) is 0 Å². The van der Waals surface area contributed by atoms with Gasteiger partial charge in [0.15, 0.2) is 0 Å². The first kappa shape index (κ1) is 8.77. The third kappa shape index (κ3) is 1.47. The fourth-order valence-corrected chi connectivity index (χ4v) is 1.35. The van der Waals surface area contributed by atoms with Gasteiger partial charge in [0, 0.05) is 12.5 Å². The Morgan fingerprint density at radius 2 is 2.50 bits per heavy atom. The van der Waals surface area contributed by atoms with Gasteiger partial charge in [-0.2, -0.15) is 0 Å². The van der Waals surface area contributed by atoms with Crippen molar-refractivity contribution in [2.24, 2.45) is 5.92 Å². The number of carbonyl (C=O) groups is 2. The topological polar surface area (TPSA) is 57.6 Å². The maximum absolute atomic E-state index is 11.2. The van der Waals surface area contributed by atoms with Crippen molar-refractivity contribution in [3.05, 3.63) is 12.7 Å². The van der Waals surface area contributed by atoms with Crippen molar-refractivity contribution in [1.82, 2.24) is 4.90 Å². The zero-order chi connectivity index (χ0) is 9.14. The summed E-state index contributed by atoms with van der Waals surface area (Å²) in [5, 5.41) is 8.55. The van der Waals surface area contributed by atoms with Crippen molar-refractivity contribution >= 4 is 12.0 Å². The molecule has 0 saturated carbocycles. The van der Waals surface area contributed by atoms with Gasteiger partial charge in [0.25, 0.3) is 0 Å². The van der Waals surface area contributed by atoms with Crippen LogP contribution in [0.5, 0.6) is 0 Å². The number of amides is 2. The summed E-state index contributed by atoms with van der Waals surface area (Å²) in [6.45, 7) is 3.84. The SMILES string of the molecule is C=CCC1CCN(C(=O)O)C1=O. The highest BCUT2D eigenvalue weighted by molar-refractivity contribution is 5.94. The quantitative estimate of drug-likeness (QED) is 0.629. The molecule has 12 heavy (non-hydrogen) atoms. The second-order valence-electron chi connectivity index (χ2n) is 2.78. The Morgan fingerprint density at radius 1 is 1.83 bits per heavy atom. The van der Waals surface area contributed by atoms with Gasteiger partial charge >= 0.3 is 6.09 Å². The van der Waals surface area contributed by atoms with E-state index in [4.69, 9.17) is 5.11 Å². The molecule has 66 valence electrons. The van der Waals surface area contributed by atoms with Crippen LogP contribution in [0.3, 0.4) is 0 Å². The second-order valence-corrected chi connectivity index (χ2v) is 2.78. The van der Waals surface area contributed by atoms with Gasteiger partial charge in [-0.25, -0.2) is 9.69 Å². The summed E-state index contributed by atoms with van der Waals surface area (Å²) in [4.78, 5) is 22.5. The highest BCUT2D eigenvalue weighted by Crippen LogP contribution is 2.21. The number of nitrogens with zero attached hydrogens (tertiary/aromatic N) is 1. The third-order valence-electron chi connectivity index (χ3n) is 2.00. The maximum Gasteiger partial charge on any atom is 0.414 e. The Morgan fingerprint density at radius 3 is 2.92 bits per heavy atom. The lowest BCUT2D eigenvalue weighted by atomic mass is 10.0. The maximum atomic E-state index is 11.2. The van der Waals surface area contributed by atoms with Crippen molar-refractivity contribution in [1.29, 1.82) is 0 Å². The zero-order valence-electron chi connectivity index (χ0n) is 6.69. The van der Waals surface area contributed by atoms with Crippen LogP contribution in [-0.2, 0) is 4.79 Å². The molecule has 0 radical (unpaired) electrons. The lowest BCUT2D eigenvalue weighted by Crippen LogP contribution is -2.32. The second kappa shape index (κ2) is 3.38. The van der Waals surface area contributed by atoms with Crippen LogP contribution in [-0.4, -0.2) is 28.6 Å². The monoisotopic (exact) mass is 169 g/mol. The number of likely N-dealkylation sites (tertiary alicyclic amines) is 1. The van der Waals surface area contributed by atoms with Gasteiger partial charge in [0.1, 0.15) is 0 Å². The molecule has 1 fully saturated rings. The Labute approximate surface area is 70.5 Å². The molecule has 1 heterocycles. The molecule has 2 amide bonds. The van der Waals surface area contributed by atoms with E-state index in [1.54, 1.807) is 6.08 Å². The van der Waals surface area contributed by atoms with Gasteiger partial charge in [0.2, 0.25) is 5.91 Å². The third-order valence-corrected chi connectivity index (χ3v) is 2.00. The first-order chi connectivity index (χ1) is 5.66. The molecule has 1 rings (SSSR count). The van der Waals surface area contributed by atoms with Gasteiger partial charge in [-0.1, -0.05) is 6.08 Å². The highest BCUT2D eigenvalue weighted by atomic mass is 16.4. The molecule has 0 aromatic rings. The summed E-state index contributed by atoms with van der Waals surface area (Å²) in [6, 6.07) is 0. The van der Waals surface area contributed by atoms with E-state index >= 15 is 0 Å². The van der Waals surface area contributed by atoms with Crippen molar-refractivity contribution in [2.45, 2.75) is 12.8 Å². The van der Waals surface area contributed by atoms with E-state index in [0.29, 0.717) is 19.4 Å². The minimum Gasteiger partial charge on any atom is -0.465 e.